The molecule has 0 aromatic rings. The van der Waals surface area contributed by atoms with Gasteiger partial charge in [-0.1, -0.05) is 13.8 Å². The normalized spacial score (nSPS) is 45.9. The van der Waals surface area contributed by atoms with Crippen molar-refractivity contribution < 1.29 is 19.4 Å². The lowest BCUT2D eigenvalue weighted by Crippen LogP contribution is -2.32. The van der Waals surface area contributed by atoms with Crippen molar-refractivity contribution in [3.63, 3.8) is 0 Å². The molecule has 0 spiro atoms. The van der Waals surface area contributed by atoms with Crippen molar-refractivity contribution in [1.29, 1.82) is 0 Å². The number of fused-ring (bicyclic) bond motifs is 2. The molecule has 1 unspecified atom stereocenters. The van der Waals surface area contributed by atoms with Crippen LogP contribution in [0, 0.1) is 23.7 Å². The molecule has 4 heteroatoms. The van der Waals surface area contributed by atoms with E-state index in [9.17, 15) is 14.7 Å². The number of esters is 1. The summed E-state index contributed by atoms with van der Waals surface area (Å²) in [6, 6.07) is 0. The van der Waals surface area contributed by atoms with Crippen molar-refractivity contribution in [1.82, 2.24) is 0 Å². The van der Waals surface area contributed by atoms with Gasteiger partial charge in [0.15, 0.2) is 5.78 Å². The molecule has 1 saturated heterocycles. The van der Waals surface area contributed by atoms with Crippen LogP contribution < -0.4 is 0 Å². The van der Waals surface area contributed by atoms with Gasteiger partial charge in [-0.15, -0.1) is 0 Å². The molecule has 1 saturated carbocycles. The molecule has 0 amide bonds. The van der Waals surface area contributed by atoms with Gasteiger partial charge in [0.05, 0.1) is 12.0 Å². The summed E-state index contributed by atoms with van der Waals surface area (Å²) >= 11 is 0. The first-order valence-corrected chi connectivity index (χ1v) is 7.04. The number of carbonyl (C=O) groups is 2. The number of hydrogen-bond acceptors (Lipinski definition) is 4. The lowest BCUT2D eigenvalue weighted by atomic mass is 9.82. The van der Waals surface area contributed by atoms with Crippen LogP contribution in [0.25, 0.3) is 0 Å². The zero-order valence-corrected chi connectivity index (χ0v) is 11.6. The number of Topliss-reactive ketones (excluding diaryl/α,β-unsaturated/α-hetero) is 1. The Morgan fingerprint density at radius 2 is 1.95 bits per heavy atom. The number of rotatable bonds is 0. The SMILES string of the molecule is CC1=C2[C@@H](O)C3[C@@H](C[C@H](C)[C@H]2CC1=O)OC(=O)[C@@H]3C. The minimum atomic E-state index is -0.715. The van der Waals surface area contributed by atoms with Crippen LogP contribution in [0.2, 0.25) is 0 Å². The molecule has 0 bridgehead atoms. The quantitative estimate of drug-likeness (QED) is 0.673. The van der Waals surface area contributed by atoms with Gasteiger partial charge in [0.1, 0.15) is 6.10 Å². The highest BCUT2D eigenvalue weighted by molar-refractivity contribution is 5.99. The summed E-state index contributed by atoms with van der Waals surface area (Å²) in [6.45, 7) is 5.70. The average Bonchev–Trinajstić information content (AvgIpc) is 2.75. The van der Waals surface area contributed by atoms with E-state index in [1.54, 1.807) is 6.92 Å². The third-order valence-electron chi connectivity index (χ3n) is 5.28. The summed E-state index contributed by atoms with van der Waals surface area (Å²) in [4.78, 5) is 23.6. The van der Waals surface area contributed by atoms with E-state index < -0.39 is 6.10 Å². The molecule has 2 aliphatic carbocycles. The molecule has 6 atom stereocenters. The molecule has 19 heavy (non-hydrogen) atoms. The molecule has 2 fully saturated rings. The second kappa shape index (κ2) is 4.17. The third-order valence-corrected chi connectivity index (χ3v) is 5.28. The van der Waals surface area contributed by atoms with Gasteiger partial charge in [-0.2, -0.15) is 0 Å². The van der Waals surface area contributed by atoms with Gasteiger partial charge < -0.3 is 9.84 Å². The maximum atomic E-state index is 11.9. The summed E-state index contributed by atoms with van der Waals surface area (Å²) in [5.41, 5.74) is 1.58. The second-order valence-corrected chi connectivity index (χ2v) is 6.31. The Morgan fingerprint density at radius 1 is 1.26 bits per heavy atom. The molecule has 3 aliphatic rings. The van der Waals surface area contributed by atoms with Gasteiger partial charge in [0, 0.05) is 12.3 Å². The minimum Gasteiger partial charge on any atom is -0.462 e. The van der Waals surface area contributed by atoms with Crippen molar-refractivity contribution >= 4 is 11.8 Å². The Morgan fingerprint density at radius 3 is 2.63 bits per heavy atom. The Bertz CT molecular complexity index is 479. The van der Waals surface area contributed by atoms with E-state index in [-0.39, 0.29) is 41.5 Å². The fraction of sp³-hybridized carbons (Fsp3) is 0.733. The molecule has 0 aromatic carbocycles. The van der Waals surface area contributed by atoms with Crippen LogP contribution in [0.4, 0.5) is 0 Å². The molecular formula is C15H20O4. The molecule has 104 valence electrons. The first-order valence-electron chi connectivity index (χ1n) is 7.04. The van der Waals surface area contributed by atoms with Gasteiger partial charge in [-0.3, -0.25) is 9.59 Å². The first kappa shape index (κ1) is 12.9. The number of hydrogen-bond donors (Lipinski definition) is 1. The van der Waals surface area contributed by atoms with E-state index in [2.05, 4.69) is 6.92 Å². The van der Waals surface area contributed by atoms with Crippen molar-refractivity contribution in [2.24, 2.45) is 23.7 Å². The monoisotopic (exact) mass is 264 g/mol. The minimum absolute atomic E-state index is 0.124. The lowest BCUT2D eigenvalue weighted by molar-refractivity contribution is -0.144. The maximum Gasteiger partial charge on any atom is 0.309 e. The highest BCUT2D eigenvalue weighted by Crippen LogP contribution is 2.48. The van der Waals surface area contributed by atoms with E-state index in [0.29, 0.717) is 12.0 Å². The average molecular weight is 264 g/mol. The fourth-order valence-corrected chi connectivity index (χ4v) is 4.08. The van der Waals surface area contributed by atoms with Crippen LogP contribution in [-0.2, 0) is 14.3 Å². The fourth-order valence-electron chi connectivity index (χ4n) is 4.08. The van der Waals surface area contributed by atoms with Gasteiger partial charge in [-0.05, 0) is 36.3 Å². The Kier molecular flexibility index (Phi) is 2.82. The summed E-state index contributed by atoms with van der Waals surface area (Å²) in [5, 5.41) is 10.7. The predicted octanol–water partition coefficient (Wildman–Crippen LogP) is 1.47. The number of aliphatic hydroxyl groups is 1. The highest BCUT2D eigenvalue weighted by atomic mass is 16.6. The van der Waals surface area contributed by atoms with E-state index in [1.807, 2.05) is 6.92 Å². The van der Waals surface area contributed by atoms with Crippen LogP contribution >= 0.6 is 0 Å². The van der Waals surface area contributed by atoms with Gasteiger partial charge >= 0.3 is 5.97 Å². The van der Waals surface area contributed by atoms with Crippen LogP contribution in [0.1, 0.15) is 33.6 Å². The van der Waals surface area contributed by atoms with E-state index in [1.165, 1.54) is 0 Å². The number of ether oxygens (including phenoxy) is 1. The number of ketones is 1. The van der Waals surface area contributed by atoms with Crippen molar-refractivity contribution in [3.05, 3.63) is 11.1 Å². The van der Waals surface area contributed by atoms with E-state index in [0.717, 1.165) is 12.0 Å². The molecule has 1 heterocycles. The van der Waals surface area contributed by atoms with E-state index >= 15 is 0 Å². The molecule has 1 N–H and O–H groups in total. The largest absolute Gasteiger partial charge is 0.462 e. The maximum absolute atomic E-state index is 11.9. The molecule has 4 nitrogen and oxygen atoms in total. The van der Waals surface area contributed by atoms with Gasteiger partial charge in [0.2, 0.25) is 0 Å². The zero-order chi connectivity index (χ0) is 13.9. The van der Waals surface area contributed by atoms with Crippen LogP contribution in [0.5, 0.6) is 0 Å². The third kappa shape index (κ3) is 1.69. The smallest absolute Gasteiger partial charge is 0.309 e. The summed E-state index contributed by atoms with van der Waals surface area (Å²) in [5.74, 6) is -0.180. The second-order valence-electron chi connectivity index (χ2n) is 6.31. The van der Waals surface area contributed by atoms with Crippen LogP contribution in [-0.4, -0.2) is 29.1 Å². The molecule has 3 rings (SSSR count). The highest BCUT2D eigenvalue weighted by Gasteiger charge is 2.53. The van der Waals surface area contributed by atoms with Crippen molar-refractivity contribution in [3.8, 4) is 0 Å². The Labute approximate surface area is 112 Å². The summed E-state index contributed by atoms with van der Waals surface area (Å²) < 4.78 is 5.42. The van der Waals surface area contributed by atoms with Crippen LogP contribution in [0.15, 0.2) is 11.1 Å². The molecule has 0 aromatic heterocycles. The van der Waals surface area contributed by atoms with Gasteiger partial charge in [-0.25, -0.2) is 0 Å². The van der Waals surface area contributed by atoms with Crippen molar-refractivity contribution in [2.75, 3.05) is 0 Å². The molecule has 0 radical (unpaired) electrons. The number of allylic oxidation sites excluding steroid dienone is 1. The number of aliphatic hydroxyl groups excluding tert-OH is 1. The lowest BCUT2D eigenvalue weighted by Gasteiger charge is -2.24. The van der Waals surface area contributed by atoms with E-state index in [4.69, 9.17) is 4.74 Å². The molecular weight excluding hydrogens is 244 g/mol. The summed E-state index contributed by atoms with van der Waals surface area (Å²) in [6.07, 6.45) is 0.328. The predicted molar refractivity (Wildman–Crippen MR) is 68.1 cm³/mol. The number of carbonyl (C=O) groups excluding carboxylic acids is 2. The summed E-state index contributed by atoms with van der Waals surface area (Å²) in [7, 11) is 0. The molecule has 1 aliphatic heterocycles. The zero-order valence-electron chi connectivity index (χ0n) is 11.6. The Balaban J connectivity index is 2.05. The van der Waals surface area contributed by atoms with Crippen molar-refractivity contribution in [2.45, 2.75) is 45.8 Å². The van der Waals surface area contributed by atoms with Gasteiger partial charge in [0.25, 0.3) is 0 Å². The first-order chi connectivity index (χ1) is 8.91. The standard InChI is InChI=1S/C15H20O4/c1-6-4-11-13(8(3)15(18)19-11)14(17)12-7(2)10(16)5-9(6)12/h6,8-9,11,13-14,17H,4-5H2,1-3H3/t6-,8+,9+,11+,13?,14+/m0/s1. The topological polar surface area (TPSA) is 63.6 Å². The van der Waals surface area contributed by atoms with Crippen LogP contribution in [0.3, 0.4) is 0 Å². The Hall–Kier alpha value is -1.16.